The molecule has 1 fully saturated rings. The molecule has 1 aromatic rings. The number of carbonyl (C=O) groups excluding carboxylic acids is 1. The van der Waals surface area contributed by atoms with Gasteiger partial charge in [-0.1, -0.05) is 12.2 Å². The Morgan fingerprint density at radius 2 is 2.09 bits per heavy atom. The topological polar surface area (TPSA) is 84.2 Å². The van der Waals surface area contributed by atoms with Crippen LogP contribution in [-0.4, -0.2) is 58.3 Å². The minimum absolute atomic E-state index is 0.126. The quantitative estimate of drug-likeness (QED) is 0.600. The third-order valence-corrected chi connectivity index (χ3v) is 3.97. The van der Waals surface area contributed by atoms with Gasteiger partial charge in [-0.05, 0) is 37.8 Å². The summed E-state index contributed by atoms with van der Waals surface area (Å²) < 4.78 is 7.04. The largest absolute Gasteiger partial charge is 0.490 e. The molecular weight excluding hydrogens is 320 g/mol. The lowest BCUT2D eigenvalue weighted by Gasteiger charge is -2.28. The number of likely N-dealkylation sites (tertiary alicyclic amines) is 1. The van der Waals surface area contributed by atoms with Gasteiger partial charge in [0.25, 0.3) is 0 Å². The Bertz CT molecular complexity index is 569. The molecule has 2 N–H and O–H groups in total. The van der Waals surface area contributed by atoms with E-state index in [1.807, 2.05) is 0 Å². The number of aliphatic hydroxyl groups excluding tert-OH is 2. The van der Waals surface area contributed by atoms with E-state index in [0.717, 1.165) is 6.42 Å². The highest BCUT2D eigenvalue weighted by atomic mass is 32.1. The second-order valence-electron chi connectivity index (χ2n) is 5.36. The number of aliphatic hydroxyl groups is 2. The molecule has 2 heterocycles. The zero-order chi connectivity index (χ0) is 16.7. The van der Waals surface area contributed by atoms with E-state index in [-0.39, 0.29) is 17.4 Å². The van der Waals surface area contributed by atoms with Gasteiger partial charge >= 0.3 is 6.09 Å². The number of hydrogen-bond donors (Lipinski definition) is 2. The first-order valence-corrected chi connectivity index (χ1v) is 8.13. The number of nitrogens with zero attached hydrogens (tertiary/aromatic N) is 2. The lowest BCUT2D eigenvalue weighted by Crippen LogP contribution is -2.43. The van der Waals surface area contributed by atoms with Crippen LogP contribution in [0.5, 0.6) is 5.75 Å². The summed E-state index contributed by atoms with van der Waals surface area (Å²) in [6.45, 7) is 1.49. The lowest BCUT2D eigenvalue weighted by atomic mass is 10.1. The molecule has 1 saturated heterocycles. The van der Waals surface area contributed by atoms with Crippen molar-refractivity contribution < 1.29 is 24.6 Å². The predicted octanol–water partition coefficient (Wildman–Crippen LogP) is 1.37. The van der Waals surface area contributed by atoms with Gasteiger partial charge in [0.1, 0.15) is 0 Å². The van der Waals surface area contributed by atoms with Gasteiger partial charge in [-0.3, -0.25) is 0 Å². The van der Waals surface area contributed by atoms with Crippen LogP contribution in [0.25, 0.3) is 0 Å². The summed E-state index contributed by atoms with van der Waals surface area (Å²) in [6, 6.07) is 3.40. The second-order valence-corrected chi connectivity index (χ2v) is 5.74. The van der Waals surface area contributed by atoms with Gasteiger partial charge in [-0.15, -0.1) is 0 Å². The van der Waals surface area contributed by atoms with Crippen LogP contribution in [0.4, 0.5) is 4.79 Å². The van der Waals surface area contributed by atoms with Crippen molar-refractivity contribution in [2.75, 3.05) is 26.3 Å². The van der Waals surface area contributed by atoms with Gasteiger partial charge in [0.15, 0.2) is 10.4 Å². The van der Waals surface area contributed by atoms with Crippen molar-refractivity contribution in [1.29, 1.82) is 0 Å². The average Bonchev–Trinajstić information content (AvgIpc) is 2.55. The molecule has 2 rings (SSSR count). The number of unbranched alkanes of at least 4 members (excludes halogenated alkanes) is 1. The first kappa shape index (κ1) is 17.7. The molecule has 1 aliphatic rings. The smallest absolute Gasteiger partial charge is 0.434 e. The van der Waals surface area contributed by atoms with Gasteiger partial charge < -0.3 is 24.7 Å². The van der Waals surface area contributed by atoms with E-state index in [2.05, 4.69) is 0 Å². The fourth-order valence-electron chi connectivity index (χ4n) is 2.22. The molecule has 0 aromatic carbocycles. The SMILES string of the molecule is O=C(On1cccc(OCCCCO)c1=S)N1CCC(O)CC1. The molecule has 0 aliphatic carbocycles. The van der Waals surface area contributed by atoms with Crippen LogP contribution in [0, 0.1) is 4.64 Å². The summed E-state index contributed by atoms with van der Waals surface area (Å²) in [7, 11) is 0. The van der Waals surface area contributed by atoms with Crippen molar-refractivity contribution in [1.82, 2.24) is 9.63 Å². The van der Waals surface area contributed by atoms with Gasteiger partial charge in [-0.2, -0.15) is 4.73 Å². The zero-order valence-electron chi connectivity index (χ0n) is 12.9. The number of aromatic nitrogens is 1. The highest BCUT2D eigenvalue weighted by Crippen LogP contribution is 2.14. The summed E-state index contributed by atoms with van der Waals surface area (Å²) in [5.41, 5.74) is 0. The molecule has 0 bridgehead atoms. The van der Waals surface area contributed by atoms with Crippen LogP contribution in [0.2, 0.25) is 0 Å². The van der Waals surface area contributed by atoms with Gasteiger partial charge in [0, 0.05) is 25.9 Å². The fourth-order valence-corrected chi connectivity index (χ4v) is 2.45. The molecule has 1 aromatic heterocycles. The Hall–Kier alpha value is -1.64. The molecule has 0 atom stereocenters. The number of pyridine rings is 1. The number of rotatable bonds is 6. The maximum Gasteiger partial charge on any atom is 0.434 e. The third kappa shape index (κ3) is 5.19. The Morgan fingerprint density at radius 1 is 1.35 bits per heavy atom. The summed E-state index contributed by atoms with van der Waals surface area (Å²) >= 11 is 5.26. The minimum Gasteiger partial charge on any atom is -0.490 e. The molecule has 1 amide bonds. The van der Waals surface area contributed by atoms with E-state index in [4.69, 9.17) is 26.9 Å². The summed E-state index contributed by atoms with van der Waals surface area (Å²) in [6.07, 6.45) is 3.19. The first-order chi connectivity index (χ1) is 11.1. The van der Waals surface area contributed by atoms with Crippen molar-refractivity contribution in [3.8, 4) is 5.75 Å². The minimum atomic E-state index is -0.495. The fraction of sp³-hybridized carbons (Fsp3) is 0.600. The van der Waals surface area contributed by atoms with E-state index in [1.54, 1.807) is 23.2 Å². The third-order valence-electron chi connectivity index (χ3n) is 3.59. The van der Waals surface area contributed by atoms with E-state index >= 15 is 0 Å². The maximum atomic E-state index is 12.1. The van der Waals surface area contributed by atoms with E-state index in [0.29, 0.717) is 44.7 Å². The summed E-state index contributed by atoms with van der Waals surface area (Å²) in [4.78, 5) is 19.0. The molecule has 128 valence electrons. The molecule has 8 heteroatoms. The van der Waals surface area contributed by atoms with E-state index < -0.39 is 6.09 Å². The zero-order valence-corrected chi connectivity index (χ0v) is 13.7. The van der Waals surface area contributed by atoms with E-state index in [9.17, 15) is 9.90 Å². The van der Waals surface area contributed by atoms with Crippen molar-refractivity contribution >= 4 is 18.3 Å². The van der Waals surface area contributed by atoms with Crippen LogP contribution in [0.3, 0.4) is 0 Å². The summed E-state index contributed by atoms with van der Waals surface area (Å²) in [5, 5.41) is 18.2. The van der Waals surface area contributed by atoms with Gasteiger partial charge in [-0.25, -0.2) is 4.79 Å². The van der Waals surface area contributed by atoms with Crippen molar-refractivity contribution in [2.45, 2.75) is 31.8 Å². The molecule has 0 saturated carbocycles. The standard InChI is InChI=1S/C15H22N2O5S/c18-10-1-2-11-21-13-4-3-7-17(14(13)23)22-15(20)16-8-5-12(19)6-9-16/h3-4,7,12,18-19H,1-2,5-6,8-11H2. The maximum absolute atomic E-state index is 12.1. The van der Waals surface area contributed by atoms with Gasteiger partial charge in [0.05, 0.1) is 12.7 Å². The van der Waals surface area contributed by atoms with Crippen LogP contribution in [0.1, 0.15) is 25.7 Å². The summed E-state index contributed by atoms with van der Waals surface area (Å²) in [5.74, 6) is 0.460. The highest BCUT2D eigenvalue weighted by Gasteiger charge is 2.23. The monoisotopic (exact) mass is 342 g/mol. The first-order valence-electron chi connectivity index (χ1n) is 7.72. The molecule has 23 heavy (non-hydrogen) atoms. The number of amides is 1. The molecule has 0 spiro atoms. The molecular formula is C15H22N2O5S. The van der Waals surface area contributed by atoms with Crippen molar-refractivity contribution in [2.24, 2.45) is 0 Å². The Kier molecular flexibility index (Phi) is 6.82. The normalized spacial score (nSPS) is 15.5. The lowest BCUT2D eigenvalue weighted by molar-refractivity contribution is 0.0532. The molecule has 1 aliphatic heterocycles. The van der Waals surface area contributed by atoms with Gasteiger partial charge in [0.2, 0.25) is 0 Å². The number of hydrogen-bond acceptors (Lipinski definition) is 6. The van der Waals surface area contributed by atoms with Crippen LogP contribution < -0.4 is 9.57 Å². The van der Waals surface area contributed by atoms with Crippen LogP contribution in [-0.2, 0) is 0 Å². The number of ether oxygens (including phenoxy) is 1. The Morgan fingerprint density at radius 3 is 2.78 bits per heavy atom. The number of carbonyl (C=O) groups is 1. The average molecular weight is 342 g/mol. The van der Waals surface area contributed by atoms with Crippen LogP contribution >= 0.6 is 12.2 Å². The predicted molar refractivity (Wildman–Crippen MR) is 85.9 cm³/mol. The Balaban J connectivity index is 1.94. The van der Waals surface area contributed by atoms with Crippen molar-refractivity contribution in [3.63, 3.8) is 0 Å². The van der Waals surface area contributed by atoms with Crippen LogP contribution in [0.15, 0.2) is 18.3 Å². The molecule has 0 radical (unpaired) electrons. The molecule has 0 unspecified atom stereocenters. The second kappa shape index (κ2) is 8.85. The van der Waals surface area contributed by atoms with E-state index in [1.165, 1.54) is 4.73 Å². The molecule has 7 nitrogen and oxygen atoms in total. The Labute approximate surface area is 140 Å². The highest BCUT2D eigenvalue weighted by molar-refractivity contribution is 7.71. The number of piperidine rings is 1. The van der Waals surface area contributed by atoms with Crippen molar-refractivity contribution in [3.05, 3.63) is 23.0 Å².